The Labute approximate surface area is 111 Å². The van der Waals surface area contributed by atoms with Gasteiger partial charge in [-0.25, -0.2) is 0 Å². The van der Waals surface area contributed by atoms with E-state index in [-0.39, 0.29) is 24.9 Å². The molecule has 0 spiro atoms. The first-order chi connectivity index (χ1) is 8.87. The number of rotatable bonds is 4. The minimum absolute atomic E-state index is 0.0698. The molecule has 0 bridgehead atoms. The summed E-state index contributed by atoms with van der Waals surface area (Å²) in [7, 11) is -4.54. The highest BCUT2D eigenvalue weighted by atomic mass is 32.3. The van der Waals surface area contributed by atoms with E-state index in [1.165, 1.54) is 0 Å². The molecule has 1 aliphatic heterocycles. The first-order valence-electron chi connectivity index (χ1n) is 5.99. The van der Waals surface area contributed by atoms with Crippen LogP contribution in [0.3, 0.4) is 0 Å². The zero-order valence-corrected chi connectivity index (χ0v) is 11.3. The monoisotopic (exact) mass is 286 g/mol. The Morgan fingerprint density at radius 3 is 2.84 bits per heavy atom. The van der Waals surface area contributed by atoms with Crippen LogP contribution in [-0.2, 0) is 15.0 Å². The maximum absolute atomic E-state index is 12.6. The van der Waals surface area contributed by atoms with Crippen LogP contribution in [0.4, 0.5) is 3.89 Å². The van der Waals surface area contributed by atoms with Gasteiger partial charge in [0.2, 0.25) is 5.91 Å². The average Bonchev–Trinajstić information content (AvgIpc) is 2.68. The number of amides is 1. The van der Waals surface area contributed by atoms with Crippen LogP contribution < -0.4 is 0 Å². The van der Waals surface area contributed by atoms with Crippen LogP contribution >= 0.6 is 0 Å². The van der Waals surface area contributed by atoms with E-state index in [2.05, 4.69) is 4.98 Å². The lowest BCUT2D eigenvalue weighted by Gasteiger charge is -2.24. The molecule has 0 aromatic carbocycles. The van der Waals surface area contributed by atoms with Gasteiger partial charge in [-0.05, 0) is 19.1 Å². The molecule has 0 saturated carbocycles. The summed E-state index contributed by atoms with van der Waals surface area (Å²) in [6.45, 7) is 2.08. The summed E-state index contributed by atoms with van der Waals surface area (Å²) in [4.78, 5) is 17.6. The molecule has 1 fully saturated rings. The number of nitrogens with zero attached hydrogens (tertiary/aromatic N) is 2. The Bertz CT molecular complexity index is 562. The molecule has 0 radical (unpaired) electrons. The molecule has 104 valence electrons. The first kappa shape index (κ1) is 13.9. The molecule has 2 heterocycles. The summed E-state index contributed by atoms with van der Waals surface area (Å²) in [6, 6.07) is 5.17. The van der Waals surface area contributed by atoms with Crippen LogP contribution in [0.15, 0.2) is 24.4 Å². The second-order valence-electron chi connectivity index (χ2n) is 4.75. The zero-order valence-electron chi connectivity index (χ0n) is 10.5. The fourth-order valence-electron chi connectivity index (χ4n) is 2.36. The van der Waals surface area contributed by atoms with Gasteiger partial charge in [-0.1, -0.05) is 6.07 Å². The fraction of sp³-hybridized carbons (Fsp3) is 0.500. The SMILES string of the molecule is C[C@@H](c1ccccn1)N1CC(CS(=O)(=O)F)CC1=O. The van der Waals surface area contributed by atoms with E-state index in [9.17, 15) is 17.1 Å². The van der Waals surface area contributed by atoms with Crippen LogP contribution in [0, 0.1) is 5.92 Å². The fourth-order valence-corrected chi connectivity index (χ4v) is 3.15. The third-order valence-corrected chi connectivity index (χ3v) is 4.13. The van der Waals surface area contributed by atoms with E-state index in [4.69, 9.17) is 0 Å². The van der Waals surface area contributed by atoms with Crippen molar-refractivity contribution in [2.75, 3.05) is 12.3 Å². The van der Waals surface area contributed by atoms with Crippen molar-refractivity contribution in [1.29, 1.82) is 0 Å². The Kier molecular flexibility index (Phi) is 3.84. The minimum Gasteiger partial charge on any atom is -0.334 e. The number of hydrogen-bond donors (Lipinski definition) is 0. The van der Waals surface area contributed by atoms with Crippen molar-refractivity contribution in [1.82, 2.24) is 9.88 Å². The van der Waals surface area contributed by atoms with Gasteiger partial charge in [-0.2, -0.15) is 8.42 Å². The van der Waals surface area contributed by atoms with Crippen LogP contribution in [-0.4, -0.2) is 36.5 Å². The Balaban J connectivity index is 2.08. The quantitative estimate of drug-likeness (QED) is 0.782. The number of aromatic nitrogens is 1. The van der Waals surface area contributed by atoms with Crippen LogP contribution in [0.2, 0.25) is 0 Å². The molecule has 5 nitrogen and oxygen atoms in total. The lowest BCUT2D eigenvalue weighted by atomic mass is 10.1. The molecule has 0 aliphatic carbocycles. The first-order valence-corrected chi connectivity index (χ1v) is 7.55. The molecule has 2 atom stereocenters. The van der Waals surface area contributed by atoms with Gasteiger partial charge in [0, 0.05) is 25.1 Å². The normalized spacial score (nSPS) is 21.7. The van der Waals surface area contributed by atoms with E-state index < -0.39 is 21.9 Å². The Morgan fingerprint density at radius 1 is 1.53 bits per heavy atom. The molecular formula is C12H15FN2O3S. The minimum atomic E-state index is -4.54. The molecule has 19 heavy (non-hydrogen) atoms. The number of likely N-dealkylation sites (tertiary alicyclic amines) is 1. The predicted molar refractivity (Wildman–Crippen MR) is 67.4 cm³/mol. The standard InChI is InChI=1S/C12H15FN2O3S/c1-9(11-4-2-3-5-14-11)15-7-10(6-12(15)16)8-19(13,17)18/h2-5,9-10H,6-8H2,1H3/t9-,10?/m0/s1. The Hall–Kier alpha value is -1.50. The number of carbonyl (C=O) groups is 1. The van der Waals surface area contributed by atoms with Crippen LogP contribution in [0.1, 0.15) is 25.1 Å². The van der Waals surface area contributed by atoms with E-state index in [0.717, 1.165) is 5.69 Å². The second-order valence-corrected chi connectivity index (χ2v) is 6.16. The van der Waals surface area contributed by atoms with Crippen LogP contribution in [0.5, 0.6) is 0 Å². The van der Waals surface area contributed by atoms with Gasteiger partial charge < -0.3 is 4.90 Å². The van der Waals surface area contributed by atoms with E-state index in [1.54, 1.807) is 23.2 Å². The lowest BCUT2D eigenvalue weighted by molar-refractivity contribution is -0.129. The largest absolute Gasteiger partial charge is 0.334 e. The van der Waals surface area contributed by atoms with Gasteiger partial charge in [0.15, 0.2) is 0 Å². The van der Waals surface area contributed by atoms with Crippen molar-refractivity contribution in [3.8, 4) is 0 Å². The topological polar surface area (TPSA) is 67.3 Å². The zero-order chi connectivity index (χ0) is 14.0. The molecule has 7 heteroatoms. The number of carbonyl (C=O) groups excluding carboxylic acids is 1. The third-order valence-electron chi connectivity index (χ3n) is 3.26. The number of halogens is 1. The molecule has 1 aliphatic rings. The van der Waals surface area contributed by atoms with Crippen molar-refractivity contribution in [2.24, 2.45) is 5.92 Å². The molecule has 1 amide bonds. The second kappa shape index (κ2) is 5.24. The number of hydrogen-bond acceptors (Lipinski definition) is 4. The van der Waals surface area contributed by atoms with Gasteiger partial charge in [0.1, 0.15) is 0 Å². The summed E-state index contributed by atoms with van der Waals surface area (Å²) in [5.74, 6) is -1.23. The highest BCUT2D eigenvalue weighted by molar-refractivity contribution is 7.86. The molecular weight excluding hydrogens is 271 g/mol. The lowest BCUT2D eigenvalue weighted by Crippen LogP contribution is -2.29. The van der Waals surface area contributed by atoms with Gasteiger partial charge in [0.05, 0.1) is 17.5 Å². The molecule has 0 N–H and O–H groups in total. The Morgan fingerprint density at radius 2 is 2.26 bits per heavy atom. The van der Waals surface area contributed by atoms with Crippen molar-refractivity contribution in [3.63, 3.8) is 0 Å². The van der Waals surface area contributed by atoms with E-state index in [0.29, 0.717) is 0 Å². The summed E-state index contributed by atoms with van der Waals surface area (Å²) in [5.41, 5.74) is 0.736. The maximum Gasteiger partial charge on any atom is 0.302 e. The van der Waals surface area contributed by atoms with Crippen molar-refractivity contribution in [2.45, 2.75) is 19.4 Å². The third kappa shape index (κ3) is 3.50. The molecule has 2 rings (SSSR count). The van der Waals surface area contributed by atoms with Crippen molar-refractivity contribution < 1.29 is 17.1 Å². The van der Waals surface area contributed by atoms with Gasteiger partial charge in [-0.3, -0.25) is 9.78 Å². The smallest absolute Gasteiger partial charge is 0.302 e. The molecule has 1 aromatic rings. The van der Waals surface area contributed by atoms with Crippen LogP contribution in [0.25, 0.3) is 0 Å². The number of pyridine rings is 1. The summed E-state index contributed by atoms with van der Waals surface area (Å²) >= 11 is 0. The predicted octanol–water partition coefficient (Wildman–Crippen LogP) is 1.29. The summed E-state index contributed by atoms with van der Waals surface area (Å²) in [5, 5.41) is 0. The van der Waals surface area contributed by atoms with Crippen molar-refractivity contribution >= 4 is 16.1 Å². The summed E-state index contributed by atoms with van der Waals surface area (Å²) in [6.07, 6.45) is 1.70. The average molecular weight is 286 g/mol. The van der Waals surface area contributed by atoms with Gasteiger partial charge in [-0.15, -0.1) is 3.89 Å². The maximum atomic E-state index is 12.6. The highest BCUT2D eigenvalue weighted by Crippen LogP contribution is 2.28. The van der Waals surface area contributed by atoms with Crippen molar-refractivity contribution in [3.05, 3.63) is 30.1 Å². The van der Waals surface area contributed by atoms with Gasteiger partial charge in [0.25, 0.3) is 0 Å². The summed E-state index contributed by atoms with van der Waals surface area (Å²) < 4.78 is 33.9. The van der Waals surface area contributed by atoms with Gasteiger partial charge >= 0.3 is 10.2 Å². The molecule has 1 unspecified atom stereocenters. The van der Waals surface area contributed by atoms with E-state index in [1.807, 2.05) is 13.0 Å². The molecule has 1 aromatic heterocycles. The molecule has 1 saturated heterocycles. The van der Waals surface area contributed by atoms with E-state index >= 15 is 0 Å². The highest BCUT2D eigenvalue weighted by Gasteiger charge is 2.35.